The van der Waals surface area contributed by atoms with Crippen LogP contribution in [0, 0.1) is 0 Å². The summed E-state index contributed by atoms with van der Waals surface area (Å²) in [6.45, 7) is 6.84. The summed E-state index contributed by atoms with van der Waals surface area (Å²) in [4.78, 5) is 17.8. The van der Waals surface area contributed by atoms with Crippen LogP contribution in [0.25, 0.3) is 0 Å². The lowest BCUT2D eigenvalue weighted by Crippen LogP contribution is -2.27. The first kappa shape index (κ1) is 19.2. The summed E-state index contributed by atoms with van der Waals surface area (Å²) >= 11 is 1.49. The number of nitrogens with zero attached hydrogens (tertiary/aromatic N) is 2. The topological polar surface area (TPSA) is 63.7 Å². The normalized spacial score (nSPS) is 11.9. The van der Waals surface area contributed by atoms with Crippen molar-refractivity contribution in [3.8, 4) is 11.5 Å². The van der Waals surface area contributed by atoms with E-state index in [9.17, 15) is 4.79 Å². The van der Waals surface area contributed by atoms with E-state index in [0.717, 1.165) is 16.4 Å². The number of amides is 1. The van der Waals surface area contributed by atoms with Crippen molar-refractivity contribution in [2.75, 3.05) is 25.7 Å². The Bertz CT molecular complexity index is 717. The maximum absolute atomic E-state index is 11.6. The molecular weight excluding hydrogens is 338 g/mol. The summed E-state index contributed by atoms with van der Waals surface area (Å²) in [5.74, 6) is 1.44. The zero-order chi connectivity index (χ0) is 18.4. The van der Waals surface area contributed by atoms with Crippen molar-refractivity contribution in [3.63, 3.8) is 0 Å². The minimum atomic E-state index is 0.00931. The SMILES string of the molecule is CCN(C(C)=O)c1nc(CNC(C)c2ccc(OC)c(OC)c2)cs1. The molecule has 0 aliphatic rings. The van der Waals surface area contributed by atoms with Crippen molar-refractivity contribution in [1.82, 2.24) is 10.3 Å². The second kappa shape index (κ2) is 8.82. The molecule has 0 fully saturated rings. The maximum Gasteiger partial charge on any atom is 0.225 e. The Labute approximate surface area is 152 Å². The summed E-state index contributed by atoms with van der Waals surface area (Å²) in [7, 11) is 3.25. The smallest absolute Gasteiger partial charge is 0.225 e. The van der Waals surface area contributed by atoms with Gasteiger partial charge in [0.25, 0.3) is 0 Å². The number of methoxy groups -OCH3 is 2. The molecule has 2 aromatic rings. The van der Waals surface area contributed by atoms with E-state index in [4.69, 9.17) is 9.47 Å². The fourth-order valence-electron chi connectivity index (χ4n) is 2.49. The molecule has 1 amide bonds. The molecule has 1 aromatic heterocycles. The van der Waals surface area contributed by atoms with Crippen molar-refractivity contribution in [2.24, 2.45) is 0 Å². The molecule has 1 N–H and O–H groups in total. The van der Waals surface area contributed by atoms with Crippen LogP contribution in [0.3, 0.4) is 0 Å². The Morgan fingerprint density at radius 3 is 2.64 bits per heavy atom. The molecule has 0 saturated carbocycles. The average molecular weight is 363 g/mol. The van der Waals surface area contributed by atoms with Crippen molar-refractivity contribution >= 4 is 22.4 Å². The van der Waals surface area contributed by atoms with Crippen molar-refractivity contribution in [1.29, 1.82) is 0 Å². The molecule has 1 atom stereocenters. The molecule has 1 aromatic carbocycles. The van der Waals surface area contributed by atoms with E-state index in [-0.39, 0.29) is 11.9 Å². The van der Waals surface area contributed by atoms with Crippen LogP contribution >= 0.6 is 11.3 Å². The predicted molar refractivity (Wildman–Crippen MR) is 101 cm³/mol. The van der Waals surface area contributed by atoms with Crippen molar-refractivity contribution < 1.29 is 14.3 Å². The zero-order valence-corrected chi connectivity index (χ0v) is 16.1. The number of carbonyl (C=O) groups is 1. The standard InChI is InChI=1S/C18H25N3O3S/c1-6-21(13(3)22)18-20-15(11-25-18)10-19-12(2)14-7-8-16(23-4)17(9-14)24-5/h7-9,11-12,19H,6,10H2,1-5H3. The number of aromatic nitrogens is 1. The number of nitrogens with one attached hydrogen (secondary N) is 1. The average Bonchev–Trinajstić information content (AvgIpc) is 3.07. The molecular formula is C18H25N3O3S. The molecule has 6 nitrogen and oxygen atoms in total. The van der Waals surface area contributed by atoms with E-state index in [0.29, 0.717) is 24.6 Å². The van der Waals surface area contributed by atoms with Crippen LogP contribution in [-0.2, 0) is 11.3 Å². The number of carbonyl (C=O) groups excluding carboxylic acids is 1. The zero-order valence-electron chi connectivity index (χ0n) is 15.3. The molecule has 0 bridgehead atoms. The Morgan fingerprint density at radius 1 is 1.32 bits per heavy atom. The lowest BCUT2D eigenvalue weighted by Gasteiger charge is -2.16. The predicted octanol–water partition coefficient (Wildman–Crippen LogP) is 3.38. The minimum Gasteiger partial charge on any atom is -0.493 e. The molecule has 0 aliphatic carbocycles. The summed E-state index contributed by atoms with van der Waals surface area (Å²) in [6.07, 6.45) is 0. The third-order valence-electron chi connectivity index (χ3n) is 3.96. The Morgan fingerprint density at radius 2 is 2.04 bits per heavy atom. The third-order valence-corrected chi connectivity index (χ3v) is 4.88. The maximum atomic E-state index is 11.6. The second-order valence-electron chi connectivity index (χ2n) is 5.60. The van der Waals surface area contributed by atoms with E-state index < -0.39 is 0 Å². The van der Waals surface area contributed by atoms with Crippen LogP contribution in [0.2, 0.25) is 0 Å². The highest BCUT2D eigenvalue weighted by molar-refractivity contribution is 7.14. The Hall–Kier alpha value is -2.12. The van der Waals surface area contributed by atoms with Gasteiger partial charge < -0.3 is 14.8 Å². The summed E-state index contributed by atoms with van der Waals surface area (Å²) < 4.78 is 10.6. The van der Waals surface area contributed by atoms with Gasteiger partial charge in [-0.3, -0.25) is 9.69 Å². The lowest BCUT2D eigenvalue weighted by atomic mass is 10.1. The molecule has 1 unspecified atom stereocenters. The van der Waals surface area contributed by atoms with Gasteiger partial charge in [-0.2, -0.15) is 0 Å². The molecule has 7 heteroatoms. The van der Waals surface area contributed by atoms with E-state index in [1.807, 2.05) is 30.5 Å². The van der Waals surface area contributed by atoms with Gasteiger partial charge in [0, 0.05) is 31.4 Å². The van der Waals surface area contributed by atoms with Gasteiger partial charge in [0.2, 0.25) is 5.91 Å². The first-order valence-corrected chi connectivity index (χ1v) is 9.05. The summed E-state index contributed by atoms with van der Waals surface area (Å²) in [6, 6.07) is 6.01. The molecule has 25 heavy (non-hydrogen) atoms. The molecule has 0 saturated heterocycles. The first-order chi connectivity index (χ1) is 12.0. The van der Waals surface area contributed by atoms with Gasteiger partial charge >= 0.3 is 0 Å². The highest BCUT2D eigenvalue weighted by Gasteiger charge is 2.14. The van der Waals surface area contributed by atoms with Gasteiger partial charge in [-0.15, -0.1) is 11.3 Å². The van der Waals surface area contributed by atoms with Crippen LogP contribution in [-0.4, -0.2) is 31.7 Å². The fraction of sp³-hybridized carbons (Fsp3) is 0.444. The largest absolute Gasteiger partial charge is 0.493 e. The number of hydrogen-bond donors (Lipinski definition) is 1. The number of anilines is 1. The van der Waals surface area contributed by atoms with Crippen molar-refractivity contribution in [3.05, 3.63) is 34.8 Å². The molecule has 0 spiro atoms. The van der Waals surface area contributed by atoms with Crippen LogP contribution in [0.15, 0.2) is 23.6 Å². The molecule has 2 rings (SSSR count). The van der Waals surface area contributed by atoms with Crippen LogP contribution in [0.1, 0.15) is 38.1 Å². The van der Waals surface area contributed by atoms with Gasteiger partial charge in [-0.25, -0.2) is 4.98 Å². The van der Waals surface area contributed by atoms with Gasteiger partial charge in [-0.05, 0) is 31.5 Å². The van der Waals surface area contributed by atoms with Gasteiger partial charge in [-0.1, -0.05) is 6.07 Å². The minimum absolute atomic E-state index is 0.00931. The number of benzene rings is 1. The molecule has 0 aliphatic heterocycles. The number of hydrogen-bond acceptors (Lipinski definition) is 6. The summed E-state index contributed by atoms with van der Waals surface area (Å²) in [5.41, 5.74) is 2.03. The van der Waals surface area contributed by atoms with Gasteiger partial charge in [0.1, 0.15) is 0 Å². The molecule has 1 heterocycles. The van der Waals surface area contributed by atoms with E-state index in [1.54, 1.807) is 26.0 Å². The van der Waals surface area contributed by atoms with Crippen LogP contribution in [0.4, 0.5) is 5.13 Å². The number of ether oxygens (including phenoxy) is 2. The first-order valence-electron chi connectivity index (χ1n) is 8.17. The lowest BCUT2D eigenvalue weighted by molar-refractivity contribution is -0.116. The fourth-order valence-corrected chi connectivity index (χ4v) is 3.42. The highest BCUT2D eigenvalue weighted by Crippen LogP contribution is 2.30. The van der Waals surface area contributed by atoms with Crippen LogP contribution in [0.5, 0.6) is 11.5 Å². The molecule has 0 radical (unpaired) electrons. The quantitative estimate of drug-likeness (QED) is 0.779. The summed E-state index contributed by atoms with van der Waals surface area (Å²) in [5, 5.41) is 6.17. The van der Waals surface area contributed by atoms with Gasteiger partial charge in [0.15, 0.2) is 16.6 Å². The third kappa shape index (κ3) is 4.70. The van der Waals surface area contributed by atoms with Crippen molar-refractivity contribution in [2.45, 2.75) is 33.4 Å². The van der Waals surface area contributed by atoms with E-state index >= 15 is 0 Å². The van der Waals surface area contributed by atoms with E-state index in [2.05, 4.69) is 17.2 Å². The second-order valence-corrected chi connectivity index (χ2v) is 6.44. The monoisotopic (exact) mass is 363 g/mol. The highest BCUT2D eigenvalue weighted by atomic mass is 32.1. The number of thiazole rings is 1. The Balaban J connectivity index is 2.02. The van der Waals surface area contributed by atoms with Gasteiger partial charge in [0.05, 0.1) is 19.9 Å². The number of rotatable bonds is 8. The van der Waals surface area contributed by atoms with E-state index in [1.165, 1.54) is 11.3 Å². The Kier molecular flexibility index (Phi) is 6.78. The van der Waals surface area contributed by atoms with Crippen LogP contribution < -0.4 is 19.7 Å². The molecule has 136 valence electrons.